The maximum atomic E-state index is 12.0. The van der Waals surface area contributed by atoms with Gasteiger partial charge in [-0.1, -0.05) is 22.9 Å². The van der Waals surface area contributed by atoms with E-state index in [0.29, 0.717) is 13.1 Å². The van der Waals surface area contributed by atoms with E-state index in [9.17, 15) is 13.2 Å². The SMILES string of the molecule is CCNCCNC(=O)CCNS(=O)(=O)c1ccc(Br)cc1. The van der Waals surface area contributed by atoms with Crippen LogP contribution in [0.1, 0.15) is 13.3 Å². The molecule has 0 atom stereocenters. The van der Waals surface area contributed by atoms with Crippen LogP contribution in [0.4, 0.5) is 0 Å². The molecule has 0 saturated carbocycles. The minimum absolute atomic E-state index is 0.0748. The maximum absolute atomic E-state index is 12.0. The highest BCUT2D eigenvalue weighted by atomic mass is 79.9. The first-order chi connectivity index (χ1) is 9.95. The van der Waals surface area contributed by atoms with Crippen molar-refractivity contribution in [2.45, 2.75) is 18.2 Å². The van der Waals surface area contributed by atoms with Crippen LogP contribution < -0.4 is 15.4 Å². The molecule has 0 fully saturated rings. The summed E-state index contributed by atoms with van der Waals surface area (Å²) in [6, 6.07) is 6.32. The van der Waals surface area contributed by atoms with Gasteiger partial charge >= 0.3 is 0 Å². The van der Waals surface area contributed by atoms with E-state index in [0.717, 1.165) is 11.0 Å². The van der Waals surface area contributed by atoms with Crippen molar-refractivity contribution in [3.8, 4) is 0 Å². The largest absolute Gasteiger partial charge is 0.355 e. The van der Waals surface area contributed by atoms with Crippen LogP contribution in [0.15, 0.2) is 33.6 Å². The molecule has 0 radical (unpaired) electrons. The minimum Gasteiger partial charge on any atom is -0.355 e. The lowest BCUT2D eigenvalue weighted by atomic mass is 10.4. The molecule has 1 amide bonds. The summed E-state index contributed by atoms with van der Waals surface area (Å²) in [4.78, 5) is 11.7. The third-order valence-corrected chi connectivity index (χ3v) is 4.65. The molecule has 0 spiro atoms. The van der Waals surface area contributed by atoms with Gasteiger partial charge in [0.05, 0.1) is 4.90 Å². The molecule has 0 unspecified atom stereocenters. The number of rotatable bonds is 9. The summed E-state index contributed by atoms with van der Waals surface area (Å²) in [7, 11) is -3.57. The van der Waals surface area contributed by atoms with Crippen LogP contribution in [0.2, 0.25) is 0 Å². The molecular formula is C13H20BrN3O3S. The number of hydrogen-bond acceptors (Lipinski definition) is 4. The number of benzene rings is 1. The van der Waals surface area contributed by atoms with Gasteiger partial charge in [0, 0.05) is 30.5 Å². The molecular weight excluding hydrogens is 358 g/mol. The Hall–Kier alpha value is -0.960. The van der Waals surface area contributed by atoms with Crippen molar-refractivity contribution in [1.29, 1.82) is 0 Å². The molecule has 1 aromatic rings. The van der Waals surface area contributed by atoms with Gasteiger partial charge in [0.2, 0.25) is 15.9 Å². The molecule has 21 heavy (non-hydrogen) atoms. The molecule has 0 aliphatic carbocycles. The van der Waals surface area contributed by atoms with E-state index in [1.807, 2.05) is 6.92 Å². The number of halogens is 1. The molecule has 0 aliphatic rings. The average Bonchev–Trinajstić information content (AvgIpc) is 2.44. The number of nitrogens with one attached hydrogen (secondary N) is 3. The van der Waals surface area contributed by atoms with E-state index in [-0.39, 0.29) is 23.8 Å². The highest BCUT2D eigenvalue weighted by Crippen LogP contribution is 2.14. The Morgan fingerprint density at radius 1 is 1.14 bits per heavy atom. The second-order valence-electron chi connectivity index (χ2n) is 4.31. The lowest BCUT2D eigenvalue weighted by molar-refractivity contribution is -0.120. The van der Waals surface area contributed by atoms with Crippen LogP contribution in [0, 0.1) is 0 Å². The summed E-state index contributed by atoms with van der Waals surface area (Å²) in [6.45, 7) is 4.14. The third-order valence-electron chi connectivity index (χ3n) is 2.64. The molecule has 118 valence electrons. The van der Waals surface area contributed by atoms with Crippen molar-refractivity contribution in [3.05, 3.63) is 28.7 Å². The molecule has 8 heteroatoms. The summed E-state index contributed by atoms with van der Waals surface area (Å²) < 4.78 is 27.1. The molecule has 1 rings (SSSR count). The van der Waals surface area contributed by atoms with Crippen LogP contribution in [0.25, 0.3) is 0 Å². The first-order valence-electron chi connectivity index (χ1n) is 6.68. The third kappa shape index (κ3) is 7.03. The number of sulfonamides is 1. The number of carbonyl (C=O) groups is 1. The van der Waals surface area contributed by atoms with Crippen molar-refractivity contribution in [3.63, 3.8) is 0 Å². The smallest absolute Gasteiger partial charge is 0.240 e. The quantitative estimate of drug-likeness (QED) is 0.556. The van der Waals surface area contributed by atoms with Gasteiger partial charge in [-0.3, -0.25) is 4.79 Å². The topological polar surface area (TPSA) is 87.3 Å². The first-order valence-corrected chi connectivity index (χ1v) is 8.96. The lowest BCUT2D eigenvalue weighted by Crippen LogP contribution is -2.34. The minimum atomic E-state index is -3.57. The fourth-order valence-corrected chi connectivity index (χ4v) is 2.85. The Labute approximate surface area is 133 Å². The molecule has 0 heterocycles. The predicted octanol–water partition coefficient (Wildman–Crippen LogP) is 0.843. The normalized spacial score (nSPS) is 11.3. The summed E-state index contributed by atoms with van der Waals surface area (Å²) in [6.07, 6.45) is 0.113. The molecule has 0 bridgehead atoms. The maximum Gasteiger partial charge on any atom is 0.240 e. The van der Waals surface area contributed by atoms with E-state index in [1.54, 1.807) is 12.1 Å². The number of carbonyl (C=O) groups excluding carboxylic acids is 1. The van der Waals surface area contributed by atoms with Gasteiger partial charge in [0.1, 0.15) is 0 Å². The average molecular weight is 378 g/mol. The highest BCUT2D eigenvalue weighted by molar-refractivity contribution is 9.10. The van der Waals surface area contributed by atoms with E-state index in [1.165, 1.54) is 12.1 Å². The zero-order valence-corrected chi connectivity index (χ0v) is 14.3. The Bertz CT molecular complexity index is 546. The Morgan fingerprint density at radius 2 is 1.81 bits per heavy atom. The molecule has 6 nitrogen and oxygen atoms in total. The molecule has 0 aromatic heterocycles. The van der Waals surface area contributed by atoms with Crippen molar-refractivity contribution >= 4 is 31.9 Å². The number of hydrogen-bond donors (Lipinski definition) is 3. The monoisotopic (exact) mass is 377 g/mol. The summed E-state index contributed by atoms with van der Waals surface area (Å²) in [5.74, 6) is -0.175. The van der Waals surface area contributed by atoms with Crippen LogP contribution >= 0.6 is 15.9 Å². The zero-order valence-electron chi connectivity index (χ0n) is 11.9. The second-order valence-corrected chi connectivity index (χ2v) is 6.99. The van der Waals surface area contributed by atoms with Crippen molar-refractivity contribution < 1.29 is 13.2 Å². The Morgan fingerprint density at radius 3 is 2.43 bits per heavy atom. The van der Waals surface area contributed by atoms with E-state index in [4.69, 9.17) is 0 Å². The fourth-order valence-electron chi connectivity index (χ4n) is 1.55. The fraction of sp³-hybridized carbons (Fsp3) is 0.462. The first kappa shape index (κ1) is 18.1. The van der Waals surface area contributed by atoms with Gasteiger partial charge in [-0.15, -0.1) is 0 Å². The highest BCUT2D eigenvalue weighted by Gasteiger charge is 2.13. The van der Waals surface area contributed by atoms with Gasteiger partial charge in [-0.2, -0.15) is 0 Å². The second kappa shape index (κ2) is 9.14. The van der Waals surface area contributed by atoms with Gasteiger partial charge in [-0.25, -0.2) is 13.1 Å². The molecule has 1 aromatic carbocycles. The predicted molar refractivity (Wildman–Crippen MR) is 85.5 cm³/mol. The van der Waals surface area contributed by atoms with Crippen LogP contribution in [-0.4, -0.2) is 40.5 Å². The summed E-state index contributed by atoms with van der Waals surface area (Å²) in [5.41, 5.74) is 0. The standard InChI is InChI=1S/C13H20BrN3O3S/c1-2-15-9-10-16-13(18)7-8-17-21(19,20)12-5-3-11(14)4-6-12/h3-6,15,17H,2,7-10H2,1H3,(H,16,18). The Balaban J connectivity index is 2.34. The van der Waals surface area contributed by atoms with E-state index >= 15 is 0 Å². The van der Waals surface area contributed by atoms with Crippen molar-refractivity contribution in [1.82, 2.24) is 15.4 Å². The van der Waals surface area contributed by atoms with E-state index in [2.05, 4.69) is 31.3 Å². The molecule has 3 N–H and O–H groups in total. The number of likely N-dealkylation sites (N-methyl/N-ethyl adjacent to an activating group) is 1. The van der Waals surface area contributed by atoms with E-state index < -0.39 is 10.0 Å². The summed E-state index contributed by atoms with van der Waals surface area (Å²) in [5, 5.41) is 5.79. The summed E-state index contributed by atoms with van der Waals surface area (Å²) >= 11 is 3.25. The van der Waals surface area contributed by atoms with Gasteiger partial charge in [-0.05, 0) is 30.8 Å². The zero-order chi connectivity index (χ0) is 15.7. The van der Waals surface area contributed by atoms with Gasteiger partial charge in [0.15, 0.2) is 0 Å². The molecule has 0 saturated heterocycles. The Kier molecular flexibility index (Phi) is 7.87. The van der Waals surface area contributed by atoms with Crippen LogP contribution in [0.3, 0.4) is 0 Å². The van der Waals surface area contributed by atoms with Crippen molar-refractivity contribution in [2.24, 2.45) is 0 Å². The lowest BCUT2D eigenvalue weighted by Gasteiger charge is -2.08. The van der Waals surface area contributed by atoms with Crippen LogP contribution in [0.5, 0.6) is 0 Å². The van der Waals surface area contributed by atoms with Crippen LogP contribution in [-0.2, 0) is 14.8 Å². The van der Waals surface area contributed by atoms with Crippen molar-refractivity contribution in [2.75, 3.05) is 26.2 Å². The number of amides is 1. The molecule has 0 aliphatic heterocycles. The van der Waals surface area contributed by atoms with Gasteiger partial charge < -0.3 is 10.6 Å². The van der Waals surface area contributed by atoms with Gasteiger partial charge in [0.25, 0.3) is 0 Å².